The Labute approximate surface area is 101 Å². The van der Waals surface area contributed by atoms with E-state index in [-0.39, 0.29) is 0 Å². The molecule has 1 aliphatic heterocycles. The molecule has 2 aliphatic rings. The van der Waals surface area contributed by atoms with Gasteiger partial charge in [0, 0.05) is 17.6 Å². The lowest BCUT2D eigenvalue weighted by Crippen LogP contribution is -2.58. The Bertz CT molecular complexity index is 237. The third kappa shape index (κ3) is 2.14. The van der Waals surface area contributed by atoms with E-state index in [4.69, 9.17) is 5.73 Å². The minimum atomic E-state index is 0.372. The van der Waals surface area contributed by atoms with Crippen LogP contribution in [-0.4, -0.2) is 29.1 Å². The summed E-state index contributed by atoms with van der Waals surface area (Å²) in [6.07, 6.45) is 5.24. The molecule has 2 heteroatoms. The summed E-state index contributed by atoms with van der Waals surface area (Å²) in [7, 11) is 0. The predicted octanol–water partition coefficient (Wildman–Crippen LogP) is 2.62. The van der Waals surface area contributed by atoms with E-state index in [1.807, 2.05) is 0 Å². The van der Waals surface area contributed by atoms with Crippen LogP contribution in [0.1, 0.15) is 53.4 Å². The maximum Gasteiger partial charge on any atom is 0.0278 e. The first-order chi connectivity index (χ1) is 7.42. The SMILES string of the molecule is CC1CC(C)C(N2CCCC2(C)C)C(N)C1. The fourth-order valence-corrected chi connectivity index (χ4v) is 4.12. The molecule has 0 aromatic carbocycles. The van der Waals surface area contributed by atoms with Crippen LogP contribution in [0.25, 0.3) is 0 Å². The number of hydrogen-bond donors (Lipinski definition) is 1. The number of likely N-dealkylation sites (tertiary alicyclic amines) is 1. The summed E-state index contributed by atoms with van der Waals surface area (Å²) in [4.78, 5) is 2.70. The maximum absolute atomic E-state index is 6.42. The Hall–Kier alpha value is -0.0800. The molecule has 94 valence electrons. The van der Waals surface area contributed by atoms with Crippen LogP contribution in [0.4, 0.5) is 0 Å². The Morgan fingerprint density at radius 2 is 1.88 bits per heavy atom. The van der Waals surface area contributed by atoms with Crippen molar-refractivity contribution >= 4 is 0 Å². The molecule has 0 spiro atoms. The average Bonchev–Trinajstić information content (AvgIpc) is 2.44. The quantitative estimate of drug-likeness (QED) is 0.742. The zero-order valence-electron chi connectivity index (χ0n) is 11.4. The van der Waals surface area contributed by atoms with Gasteiger partial charge in [-0.25, -0.2) is 0 Å². The van der Waals surface area contributed by atoms with Gasteiger partial charge in [-0.1, -0.05) is 13.8 Å². The highest BCUT2D eigenvalue weighted by Gasteiger charge is 2.43. The molecule has 0 radical (unpaired) electrons. The van der Waals surface area contributed by atoms with Crippen LogP contribution in [0.2, 0.25) is 0 Å². The molecule has 1 saturated heterocycles. The van der Waals surface area contributed by atoms with Gasteiger partial charge in [0.2, 0.25) is 0 Å². The smallest absolute Gasteiger partial charge is 0.0278 e. The van der Waals surface area contributed by atoms with E-state index in [1.54, 1.807) is 0 Å². The first-order valence-corrected chi connectivity index (χ1v) is 6.94. The highest BCUT2D eigenvalue weighted by molar-refractivity contribution is 5.00. The lowest BCUT2D eigenvalue weighted by atomic mass is 9.75. The van der Waals surface area contributed by atoms with Gasteiger partial charge in [-0.05, 0) is 57.9 Å². The van der Waals surface area contributed by atoms with Crippen molar-refractivity contribution in [2.45, 2.75) is 71.0 Å². The summed E-state index contributed by atoms with van der Waals surface area (Å²) in [5.74, 6) is 1.57. The molecule has 0 aromatic rings. The van der Waals surface area contributed by atoms with Crippen molar-refractivity contribution in [1.82, 2.24) is 4.90 Å². The molecule has 2 fully saturated rings. The van der Waals surface area contributed by atoms with Gasteiger partial charge in [-0.2, -0.15) is 0 Å². The fourth-order valence-electron chi connectivity index (χ4n) is 4.12. The van der Waals surface area contributed by atoms with Crippen LogP contribution in [0, 0.1) is 11.8 Å². The fraction of sp³-hybridized carbons (Fsp3) is 1.00. The molecule has 4 atom stereocenters. The van der Waals surface area contributed by atoms with Gasteiger partial charge in [0.15, 0.2) is 0 Å². The van der Waals surface area contributed by atoms with Gasteiger partial charge in [-0.3, -0.25) is 4.90 Å². The van der Waals surface area contributed by atoms with Crippen LogP contribution < -0.4 is 5.73 Å². The summed E-state index contributed by atoms with van der Waals surface area (Å²) in [5, 5.41) is 0. The summed E-state index contributed by atoms with van der Waals surface area (Å²) >= 11 is 0. The summed E-state index contributed by atoms with van der Waals surface area (Å²) in [6.45, 7) is 10.8. The molecule has 0 amide bonds. The van der Waals surface area contributed by atoms with E-state index in [1.165, 1.54) is 32.2 Å². The number of nitrogens with two attached hydrogens (primary N) is 1. The zero-order chi connectivity index (χ0) is 11.9. The van der Waals surface area contributed by atoms with E-state index in [0.717, 1.165) is 11.8 Å². The van der Waals surface area contributed by atoms with Crippen molar-refractivity contribution in [2.24, 2.45) is 17.6 Å². The first-order valence-electron chi connectivity index (χ1n) is 6.94. The molecule has 1 saturated carbocycles. The third-order valence-electron chi connectivity index (χ3n) is 4.80. The highest BCUT2D eigenvalue weighted by Crippen LogP contribution is 2.38. The number of nitrogens with zero attached hydrogens (tertiary/aromatic N) is 1. The molecule has 0 aromatic heterocycles. The Balaban J connectivity index is 2.13. The molecule has 1 aliphatic carbocycles. The van der Waals surface area contributed by atoms with E-state index >= 15 is 0 Å². The van der Waals surface area contributed by atoms with Crippen LogP contribution in [0.3, 0.4) is 0 Å². The standard InChI is InChI=1S/C14H28N2/c1-10-8-11(2)13(12(15)9-10)16-7-5-6-14(16,3)4/h10-13H,5-9,15H2,1-4H3. The van der Waals surface area contributed by atoms with Crippen molar-refractivity contribution in [3.05, 3.63) is 0 Å². The van der Waals surface area contributed by atoms with Crippen molar-refractivity contribution < 1.29 is 0 Å². The lowest BCUT2D eigenvalue weighted by Gasteiger charge is -2.48. The average molecular weight is 224 g/mol. The molecule has 1 heterocycles. The van der Waals surface area contributed by atoms with Gasteiger partial charge < -0.3 is 5.73 Å². The van der Waals surface area contributed by atoms with Crippen molar-refractivity contribution in [3.8, 4) is 0 Å². The number of hydrogen-bond acceptors (Lipinski definition) is 2. The van der Waals surface area contributed by atoms with Crippen molar-refractivity contribution in [1.29, 1.82) is 0 Å². The van der Waals surface area contributed by atoms with Crippen LogP contribution in [-0.2, 0) is 0 Å². The molecular weight excluding hydrogens is 196 g/mol. The lowest BCUT2D eigenvalue weighted by molar-refractivity contribution is 0.0314. The molecule has 16 heavy (non-hydrogen) atoms. The van der Waals surface area contributed by atoms with E-state index in [0.29, 0.717) is 17.6 Å². The third-order valence-corrected chi connectivity index (χ3v) is 4.80. The second-order valence-corrected chi connectivity index (χ2v) is 6.82. The molecule has 2 N–H and O–H groups in total. The van der Waals surface area contributed by atoms with Crippen LogP contribution in [0.5, 0.6) is 0 Å². The summed E-state index contributed by atoms with van der Waals surface area (Å²) < 4.78 is 0. The van der Waals surface area contributed by atoms with Crippen molar-refractivity contribution in [2.75, 3.05) is 6.54 Å². The number of rotatable bonds is 1. The van der Waals surface area contributed by atoms with Crippen LogP contribution in [0.15, 0.2) is 0 Å². The van der Waals surface area contributed by atoms with Gasteiger partial charge in [0.05, 0.1) is 0 Å². The molecule has 0 bridgehead atoms. The van der Waals surface area contributed by atoms with Crippen molar-refractivity contribution in [3.63, 3.8) is 0 Å². The van der Waals surface area contributed by atoms with Gasteiger partial charge in [0.25, 0.3) is 0 Å². The van der Waals surface area contributed by atoms with Gasteiger partial charge >= 0.3 is 0 Å². The van der Waals surface area contributed by atoms with Gasteiger partial charge in [-0.15, -0.1) is 0 Å². The van der Waals surface area contributed by atoms with E-state index in [9.17, 15) is 0 Å². The second kappa shape index (κ2) is 4.30. The highest BCUT2D eigenvalue weighted by atomic mass is 15.3. The largest absolute Gasteiger partial charge is 0.326 e. The molecule has 2 rings (SSSR count). The Morgan fingerprint density at radius 1 is 1.19 bits per heavy atom. The summed E-state index contributed by atoms with van der Waals surface area (Å²) in [5.41, 5.74) is 6.79. The minimum absolute atomic E-state index is 0.372. The molecule has 4 unspecified atom stereocenters. The second-order valence-electron chi connectivity index (χ2n) is 6.82. The first kappa shape index (κ1) is 12.4. The minimum Gasteiger partial charge on any atom is -0.326 e. The van der Waals surface area contributed by atoms with Crippen LogP contribution >= 0.6 is 0 Å². The Kier molecular flexibility index (Phi) is 3.33. The van der Waals surface area contributed by atoms with E-state index in [2.05, 4.69) is 32.6 Å². The normalized spacial score (nSPS) is 44.8. The Morgan fingerprint density at radius 3 is 2.38 bits per heavy atom. The monoisotopic (exact) mass is 224 g/mol. The zero-order valence-corrected chi connectivity index (χ0v) is 11.4. The molecular formula is C14H28N2. The molecule has 2 nitrogen and oxygen atoms in total. The summed E-state index contributed by atoms with van der Waals surface area (Å²) in [6, 6.07) is 1.00. The topological polar surface area (TPSA) is 29.3 Å². The van der Waals surface area contributed by atoms with E-state index < -0.39 is 0 Å². The maximum atomic E-state index is 6.42. The predicted molar refractivity (Wildman–Crippen MR) is 69.3 cm³/mol. The van der Waals surface area contributed by atoms with Gasteiger partial charge in [0.1, 0.15) is 0 Å².